The Kier molecular flexibility index (Phi) is 4.67. The number of nitro benzene ring substituents is 1. The van der Waals surface area contributed by atoms with E-state index in [1.54, 1.807) is 24.3 Å². The highest BCUT2D eigenvalue weighted by Gasteiger charge is 2.19. The van der Waals surface area contributed by atoms with Gasteiger partial charge in [-0.1, -0.05) is 12.1 Å². The number of carbonyl (C=O) groups excluding carboxylic acids is 1. The first-order valence-corrected chi connectivity index (χ1v) is 7.49. The molecule has 0 saturated carbocycles. The molecule has 26 heavy (non-hydrogen) atoms. The van der Waals surface area contributed by atoms with Crippen molar-refractivity contribution >= 4 is 17.3 Å². The number of aromatic nitrogens is 3. The zero-order chi connectivity index (χ0) is 18.5. The summed E-state index contributed by atoms with van der Waals surface area (Å²) in [6.07, 6.45) is 2.88. The minimum Gasteiger partial charge on any atom is -0.322 e. The smallest absolute Gasteiger partial charge is 0.295 e. The average molecular weight is 348 g/mol. The minimum absolute atomic E-state index is 0.140. The van der Waals surface area contributed by atoms with Crippen molar-refractivity contribution in [1.82, 2.24) is 14.8 Å². The summed E-state index contributed by atoms with van der Waals surface area (Å²) in [5.74, 6) is -0.480. The van der Waals surface area contributed by atoms with Gasteiger partial charge >= 0.3 is 0 Å². The molecule has 0 aliphatic carbocycles. The van der Waals surface area contributed by atoms with E-state index in [4.69, 9.17) is 5.26 Å². The molecule has 3 rings (SSSR count). The predicted molar refractivity (Wildman–Crippen MR) is 91.7 cm³/mol. The lowest BCUT2D eigenvalue weighted by atomic mass is 10.1. The highest BCUT2D eigenvalue weighted by Crippen LogP contribution is 2.24. The summed E-state index contributed by atoms with van der Waals surface area (Å²) in [6, 6.07) is 13.0. The molecule has 128 valence electrons. The molecule has 0 spiro atoms. The molecule has 3 aromatic rings. The number of benzene rings is 2. The molecule has 0 unspecified atom stereocenters. The van der Waals surface area contributed by atoms with Crippen LogP contribution in [0.1, 0.15) is 15.9 Å². The van der Waals surface area contributed by atoms with Crippen LogP contribution in [0.4, 0.5) is 11.4 Å². The third kappa shape index (κ3) is 3.54. The zero-order valence-corrected chi connectivity index (χ0v) is 13.4. The lowest BCUT2D eigenvalue weighted by molar-refractivity contribution is -0.384. The average Bonchev–Trinajstić information content (AvgIpc) is 3.17. The van der Waals surface area contributed by atoms with Crippen molar-refractivity contribution in [3.05, 3.63) is 76.4 Å². The summed E-state index contributed by atoms with van der Waals surface area (Å²) < 4.78 is 1.26. The molecule has 9 nitrogen and oxygen atoms in total. The molecule has 2 aromatic carbocycles. The largest absolute Gasteiger partial charge is 0.322 e. The Balaban J connectivity index is 1.84. The van der Waals surface area contributed by atoms with Crippen LogP contribution in [0.25, 0.3) is 5.69 Å². The lowest BCUT2D eigenvalue weighted by Gasteiger charge is -2.08. The van der Waals surface area contributed by atoms with E-state index in [1.165, 1.54) is 35.5 Å². The van der Waals surface area contributed by atoms with Gasteiger partial charge in [0.05, 0.1) is 17.4 Å². The molecule has 0 fully saturated rings. The quantitative estimate of drug-likeness (QED) is 0.557. The first-order valence-electron chi connectivity index (χ1n) is 7.49. The zero-order valence-electron chi connectivity index (χ0n) is 13.4. The SMILES string of the molecule is N#CCc1ccc(NC(=O)c2ccc(-n3cncn3)c([N+](=O)[O-])c2)cc1. The molecule has 1 amide bonds. The number of nitrogens with one attached hydrogen (secondary N) is 1. The molecule has 0 bridgehead atoms. The van der Waals surface area contributed by atoms with Gasteiger partial charge in [0.25, 0.3) is 11.6 Å². The molecule has 1 heterocycles. The Morgan fingerprint density at radius 1 is 1.27 bits per heavy atom. The van der Waals surface area contributed by atoms with E-state index in [0.717, 1.165) is 5.56 Å². The molecule has 9 heteroatoms. The van der Waals surface area contributed by atoms with E-state index in [9.17, 15) is 14.9 Å². The molecule has 1 N–H and O–H groups in total. The van der Waals surface area contributed by atoms with E-state index < -0.39 is 10.8 Å². The van der Waals surface area contributed by atoms with E-state index >= 15 is 0 Å². The van der Waals surface area contributed by atoms with Crippen LogP contribution in [0, 0.1) is 21.4 Å². The number of anilines is 1. The Hall–Kier alpha value is -4.06. The molecule has 0 radical (unpaired) electrons. The summed E-state index contributed by atoms with van der Waals surface area (Å²) >= 11 is 0. The van der Waals surface area contributed by atoms with Gasteiger partial charge in [0.2, 0.25) is 0 Å². The highest BCUT2D eigenvalue weighted by molar-refractivity contribution is 6.04. The van der Waals surface area contributed by atoms with Crippen LogP contribution in [0.5, 0.6) is 0 Å². The Morgan fingerprint density at radius 2 is 2.04 bits per heavy atom. The van der Waals surface area contributed by atoms with Crippen molar-refractivity contribution in [1.29, 1.82) is 5.26 Å². The van der Waals surface area contributed by atoms with Crippen LogP contribution < -0.4 is 5.32 Å². The number of amides is 1. The van der Waals surface area contributed by atoms with Crippen LogP contribution in [0.3, 0.4) is 0 Å². The maximum absolute atomic E-state index is 12.4. The normalized spacial score (nSPS) is 10.1. The first kappa shape index (κ1) is 16.8. The number of nitro groups is 1. The topological polar surface area (TPSA) is 127 Å². The molecule has 0 saturated heterocycles. The van der Waals surface area contributed by atoms with Gasteiger partial charge in [-0.25, -0.2) is 9.67 Å². The number of nitriles is 1. The fraction of sp³-hybridized carbons (Fsp3) is 0.0588. The second kappa shape index (κ2) is 7.23. The number of hydrogen-bond acceptors (Lipinski definition) is 6. The van der Waals surface area contributed by atoms with Crippen molar-refractivity contribution in [3.63, 3.8) is 0 Å². The van der Waals surface area contributed by atoms with Crippen LogP contribution in [-0.2, 0) is 6.42 Å². The van der Waals surface area contributed by atoms with Gasteiger partial charge in [0.1, 0.15) is 18.3 Å². The number of rotatable bonds is 5. The van der Waals surface area contributed by atoms with Crippen molar-refractivity contribution in [2.75, 3.05) is 5.32 Å². The first-order chi connectivity index (χ1) is 12.6. The number of hydrogen-bond donors (Lipinski definition) is 1. The van der Waals surface area contributed by atoms with Gasteiger partial charge in [-0.05, 0) is 29.8 Å². The molecular weight excluding hydrogens is 336 g/mol. The van der Waals surface area contributed by atoms with Gasteiger partial charge in [-0.3, -0.25) is 14.9 Å². The third-order valence-electron chi connectivity index (χ3n) is 3.59. The van der Waals surface area contributed by atoms with Crippen molar-refractivity contribution in [2.45, 2.75) is 6.42 Å². The van der Waals surface area contributed by atoms with E-state index in [-0.39, 0.29) is 23.4 Å². The van der Waals surface area contributed by atoms with E-state index in [2.05, 4.69) is 15.4 Å². The number of carbonyl (C=O) groups is 1. The molecule has 0 aliphatic rings. The Morgan fingerprint density at radius 3 is 2.65 bits per heavy atom. The van der Waals surface area contributed by atoms with Crippen LogP contribution in [-0.4, -0.2) is 25.6 Å². The molecular formula is C17H12N6O3. The monoisotopic (exact) mass is 348 g/mol. The Bertz CT molecular complexity index is 990. The third-order valence-corrected chi connectivity index (χ3v) is 3.59. The standard InChI is InChI=1S/C17H12N6O3/c18-8-7-12-1-4-14(5-2-12)21-17(24)13-3-6-15(16(9-13)23(25)26)22-11-19-10-20-22/h1-6,9-11H,7H2,(H,21,24). The van der Waals surface area contributed by atoms with Gasteiger partial charge < -0.3 is 5.32 Å². The van der Waals surface area contributed by atoms with Gasteiger partial charge in [-0.15, -0.1) is 0 Å². The van der Waals surface area contributed by atoms with Crippen LogP contribution in [0.15, 0.2) is 55.1 Å². The summed E-state index contributed by atoms with van der Waals surface area (Å²) in [4.78, 5) is 26.9. The van der Waals surface area contributed by atoms with Crippen LogP contribution >= 0.6 is 0 Å². The van der Waals surface area contributed by atoms with Gasteiger partial charge in [0.15, 0.2) is 0 Å². The van der Waals surface area contributed by atoms with Crippen molar-refractivity contribution < 1.29 is 9.72 Å². The fourth-order valence-electron chi connectivity index (χ4n) is 2.34. The van der Waals surface area contributed by atoms with Gasteiger partial charge in [-0.2, -0.15) is 10.4 Å². The lowest BCUT2D eigenvalue weighted by Crippen LogP contribution is -2.13. The highest BCUT2D eigenvalue weighted by atomic mass is 16.6. The maximum Gasteiger partial charge on any atom is 0.295 e. The maximum atomic E-state index is 12.4. The van der Waals surface area contributed by atoms with E-state index in [0.29, 0.717) is 5.69 Å². The summed E-state index contributed by atoms with van der Waals surface area (Å²) in [6.45, 7) is 0. The fourth-order valence-corrected chi connectivity index (χ4v) is 2.34. The molecule has 0 atom stereocenters. The van der Waals surface area contributed by atoms with Gasteiger partial charge in [0, 0.05) is 17.3 Å². The second-order valence-electron chi connectivity index (χ2n) is 5.29. The van der Waals surface area contributed by atoms with E-state index in [1.807, 2.05) is 6.07 Å². The minimum atomic E-state index is -0.579. The molecule has 0 aliphatic heterocycles. The predicted octanol–water partition coefficient (Wildman–Crippen LogP) is 2.49. The number of nitrogens with zero attached hydrogens (tertiary/aromatic N) is 5. The van der Waals surface area contributed by atoms with Crippen molar-refractivity contribution in [3.8, 4) is 11.8 Å². The summed E-state index contributed by atoms with van der Waals surface area (Å²) in [5.41, 5.74) is 1.46. The summed E-state index contributed by atoms with van der Waals surface area (Å²) in [5, 5.41) is 26.5. The second-order valence-corrected chi connectivity index (χ2v) is 5.29. The van der Waals surface area contributed by atoms with Crippen molar-refractivity contribution in [2.24, 2.45) is 0 Å². The molecule has 1 aromatic heterocycles. The van der Waals surface area contributed by atoms with Crippen LogP contribution in [0.2, 0.25) is 0 Å². The summed E-state index contributed by atoms with van der Waals surface area (Å²) in [7, 11) is 0. The Labute approximate surface area is 147 Å².